The highest BCUT2D eigenvalue weighted by Gasteiger charge is 2.14. The molecule has 1 heterocycles. The Morgan fingerprint density at radius 1 is 1.15 bits per heavy atom. The molecule has 0 aliphatic rings. The van der Waals surface area contributed by atoms with Crippen molar-refractivity contribution in [3.63, 3.8) is 0 Å². The van der Waals surface area contributed by atoms with E-state index in [1.165, 1.54) is 0 Å². The van der Waals surface area contributed by atoms with Crippen molar-refractivity contribution >= 4 is 17.5 Å². The van der Waals surface area contributed by atoms with Crippen molar-refractivity contribution in [3.8, 4) is 11.3 Å². The Bertz CT molecular complexity index is 861. The number of carbonyl (C=O) groups excluding carboxylic acids is 1. The van der Waals surface area contributed by atoms with Gasteiger partial charge in [0.05, 0.1) is 6.20 Å². The molecule has 3 rings (SSSR count). The summed E-state index contributed by atoms with van der Waals surface area (Å²) in [6.07, 6.45) is 2.56. The fraction of sp³-hybridized carbons (Fsp3) is 0.238. The summed E-state index contributed by atoms with van der Waals surface area (Å²) in [4.78, 5) is 18.6. The van der Waals surface area contributed by atoms with Crippen molar-refractivity contribution in [1.29, 1.82) is 0 Å². The van der Waals surface area contributed by atoms with Crippen LogP contribution in [0.25, 0.3) is 11.3 Å². The number of nitrogens with zero attached hydrogens (tertiary/aromatic N) is 2. The number of aromatic nitrogens is 1. The molecule has 0 radical (unpaired) electrons. The van der Waals surface area contributed by atoms with Crippen LogP contribution in [0.1, 0.15) is 24.8 Å². The normalized spacial score (nSPS) is 10.7. The second kappa shape index (κ2) is 8.68. The fourth-order valence-corrected chi connectivity index (χ4v) is 2.98. The molecular formula is C21H21ClN2O2. The maximum Gasteiger partial charge on any atom is 0.223 e. The molecule has 1 amide bonds. The van der Waals surface area contributed by atoms with Gasteiger partial charge in [0.15, 0.2) is 11.7 Å². The summed E-state index contributed by atoms with van der Waals surface area (Å²) in [5.41, 5.74) is 2.00. The number of hydrogen-bond donors (Lipinski definition) is 0. The predicted molar refractivity (Wildman–Crippen MR) is 103 cm³/mol. The lowest BCUT2D eigenvalue weighted by molar-refractivity contribution is -0.131. The summed E-state index contributed by atoms with van der Waals surface area (Å²) in [7, 11) is 0. The van der Waals surface area contributed by atoms with Crippen LogP contribution in [-0.4, -0.2) is 22.3 Å². The first kappa shape index (κ1) is 18.2. The van der Waals surface area contributed by atoms with Gasteiger partial charge in [0.2, 0.25) is 5.91 Å². The average Bonchev–Trinajstić information content (AvgIpc) is 3.14. The van der Waals surface area contributed by atoms with E-state index in [9.17, 15) is 4.79 Å². The van der Waals surface area contributed by atoms with E-state index in [4.69, 9.17) is 16.0 Å². The molecule has 134 valence electrons. The number of amides is 1. The van der Waals surface area contributed by atoms with Gasteiger partial charge in [-0.1, -0.05) is 54.1 Å². The van der Waals surface area contributed by atoms with Crippen LogP contribution >= 0.6 is 11.6 Å². The molecule has 4 nitrogen and oxygen atoms in total. The summed E-state index contributed by atoms with van der Waals surface area (Å²) >= 11 is 6.02. The number of halogens is 1. The molecule has 2 aromatic carbocycles. The van der Waals surface area contributed by atoms with E-state index in [2.05, 4.69) is 4.98 Å². The van der Waals surface area contributed by atoms with Gasteiger partial charge in [-0.3, -0.25) is 4.79 Å². The first-order chi connectivity index (χ1) is 12.7. The number of aryl methyl sites for hydroxylation is 1. The molecule has 5 heteroatoms. The topological polar surface area (TPSA) is 46.3 Å². The Balaban J connectivity index is 1.58. The lowest BCUT2D eigenvalue weighted by Gasteiger charge is -2.21. The zero-order valence-electron chi connectivity index (χ0n) is 14.7. The Kier molecular flexibility index (Phi) is 6.08. The molecule has 0 aliphatic carbocycles. The van der Waals surface area contributed by atoms with Crippen molar-refractivity contribution < 1.29 is 9.21 Å². The van der Waals surface area contributed by atoms with Crippen molar-refractivity contribution in [2.24, 2.45) is 0 Å². The third-order valence-electron chi connectivity index (χ3n) is 4.16. The lowest BCUT2D eigenvalue weighted by atomic mass is 10.2. The van der Waals surface area contributed by atoms with Gasteiger partial charge in [-0.2, -0.15) is 0 Å². The van der Waals surface area contributed by atoms with Gasteiger partial charge in [0.25, 0.3) is 0 Å². The summed E-state index contributed by atoms with van der Waals surface area (Å²) in [5, 5.41) is 0.680. The summed E-state index contributed by atoms with van der Waals surface area (Å²) in [6, 6.07) is 17.4. The molecule has 0 bridgehead atoms. The van der Waals surface area contributed by atoms with Crippen LogP contribution in [-0.2, 0) is 17.8 Å². The van der Waals surface area contributed by atoms with E-state index in [1.54, 1.807) is 6.20 Å². The van der Waals surface area contributed by atoms with Gasteiger partial charge in [-0.05, 0) is 24.6 Å². The minimum absolute atomic E-state index is 0.0759. The Labute approximate surface area is 158 Å². The quantitative estimate of drug-likeness (QED) is 0.591. The van der Waals surface area contributed by atoms with Gasteiger partial charge in [-0.15, -0.1) is 0 Å². The molecule has 26 heavy (non-hydrogen) atoms. The van der Waals surface area contributed by atoms with Gasteiger partial charge in [-0.25, -0.2) is 4.98 Å². The Morgan fingerprint density at radius 2 is 1.96 bits per heavy atom. The highest BCUT2D eigenvalue weighted by atomic mass is 35.5. The minimum atomic E-state index is 0.0759. The molecule has 0 N–H and O–H groups in total. The minimum Gasteiger partial charge on any atom is -0.441 e. The SMILES string of the molecule is CCN(Cc1cccc(Cl)c1)C(=O)CCc1ncc(-c2ccccc2)o1. The van der Waals surface area contributed by atoms with Crippen molar-refractivity contribution in [2.75, 3.05) is 6.54 Å². The van der Waals surface area contributed by atoms with Crippen molar-refractivity contribution in [2.45, 2.75) is 26.3 Å². The van der Waals surface area contributed by atoms with Crippen molar-refractivity contribution in [3.05, 3.63) is 77.3 Å². The number of benzene rings is 2. The van der Waals surface area contributed by atoms with E-state index in [0.29, 0.717) is 36.8 Å². The van der Waals surface area contributed by atoms with Crippen LogP contribution in [0.2, 0.25) is 5.02 Å². The Hall–Kier alpha value is -2.59. The van der Waals surface area contributed by atoms with E-state index in [1.807, 2.05) is 66.4 Å². The number of carbonyl (C=O) groups is 1. The van der Waals surface area contributed by atoms with Gasteiger partial charge >= 0.3 is 0 Å². The van der Waals surface area contributed by atoms with Gasteiger partial charge in [0.1, 0.15) is 0 Å². The predicted octanol–water partition coefficient (Wildman–Crippen LogP) is 4.98. The number of rotatable bonds is 7. The van der Waals surface area contributed by atoms with Crippen molar-refractivity contribution in [1.82, 2.24) is 9.88 Å². The number of oxazole rings is 1. The third-order valence-corrected chi connectivity index (χ3v) is 4.40. The van der Waals surface area contributed by atoms with Gasteiger partial charge < -0.3 is 9.32 Å². The van der Waals surface area contributed by atoms with E-state index >= 15 is 0 Å². The lowest BCUT2D eigenvalue weighted by Crippen LogP contribution is -2.30. The maximum absolute atomic E-state index is 12.5. The van der Waals surface area contributed by atoms with Crippen LogP contribution in [0.3, 0.4) is 0 Å². The van der Waals surface area contributed by atoms with Crippen LogP contribution in [0, 0.1) is 0 Å². The zero-order chi connectivity index (χ0) is 18.4. The summed E-state index contributed by atoms with van der Waals surface area (Å²) in [6.45, 7) is 3.17. The molecule has 1 aromatic heterocycles. The van der Waals surface area contributed by atoms with E-state index < -0.39 is 0 Å². The standard InChI is InChI=1S/C21H21ClN2O2/c1-2-24(15-16-7-6-10-18(22)13-16)21(25)12-11-20-23-14-19(26-20)17-8-4-3-5-9-17/h3-10,13-14H,2,11-12,15H2,1H3. The smallest absolute Gasteiger partial charge is 0.223 e. The molecule has 0 saturated heterocycles. The highest BCUT2D eigenvalue weighted by Crippen LogP contribution is 2.20. The second-order valence-electron chi connectivity index (χ2n) is 6.02. The highest BCUT2D eigenvalue weighted by molar-refractivity contribution is 6.30. The molecule has 0 spiro atoms. The monoisotopic (exact) mass is 368 g/mol. The first-order valence-corrected chi connectivity index (χ1v) is 9.06. The summed E-state index contributed by atoms with van der Waals surface area (Å²) < 4.78 is 5.77. The van der Waals surface area contributed by atoms with Crippen LogP contribution < -0.4 is 0 Å². The molecule has 3 aromatic rings. The van der Waals surface area contributed by atoms with E-state index in [0.717, 1.165) is 16.9 Å². The third kappa shape index (κ3) is 4.73. The molecule has 0 saturated carbocycles. The largest absolute Gasteiger partial charge is 0.441 e. The maximum atomic E-state index is 12.5. The van der Waals surface area contributed by atoms with Gasteiger partial charge in [0, 0.05) is 36.5 Å². The van der Waals surface area contributed by atoms with E-state index in [-0.39, 0.29) is 5.91 Å². The number of hydrogen-bond acceptors (Lipinski definition) is 3. The molecule has 0 unspecified atom stereocenters. The van der Waals surface area contributed by atoms with Crippen LogP contribution in [0.5, 0.6) is 0 Å². The molecule has 0 atom stereocenters. The molecule has 0 aliphatic heterocycles. The second-order valence-corrected chi connectivity index (χ2v) is 6.46. The Morgan fingerprint density at radius 3 is 2.69 bits per heavy atom. The average molecular weight is 369 g/mol. The first-order valence-electron chi connectivity index (χ1n) is 8.68. The summed E-state index contributed by atoms with van der Waals surface area (Å²) in [5.74, 6) is 1.38. The molecule has 0 fully saturated rings. The zero-order valence-corrected chi connectivity index (χ0v) is 15.4. The fourth-order valence-electron chi connectivity index (χ4n) is 2.77. The van der Waals surface area contributed by atoms with Crippen LogP contribution in [0.4, 0.5) is 0 Å². The molecular weight excluding hydrogens is 348 g/mol. The van der Waals surface area contributed by atoms with Crippen LogP contribution in [0.15, 0.2) is 65.2 Å².